The summed E-state index contributed by atoms with van der Waals surface area (Å²) in [5.74, 6) is 0.361. The van der Waals surface area contributed by atoms with Gasteiger partial charge in [0.25, 0.3) is 0 Å². The van der Waals surface area contributed by atoms with Gasteiger partial charge in [0, 0.05) is 18.9 Å². The zero-order valence-corrected chi connectivity index (χ0v) is 9.87. The van der Waals surface area contributed by atoms with Crippen LogP contribution in [0.4, 0.5) is 5.69 Å². The molecular formula is C12H13ClN2O. The lowest BCUT2D eigenvalue weighted by molar-refractivity contribution is -0.117. The third-order valence-electron chi connectivity index (χ3n) is 2.83. The number of pyridine rings is 1. The van der Waals surface area contributed by atoms with Crippen molar-refractivity contribution in [3.63, 3.8) is 0 Å². The maximum atomic E-state index is 11.8. The number of carbonyl (C=O) groups is 1. The van der Waals surface area contributed by atoms with Gasteiger partial charge in [0.05, 0.1) is 11.9 Å². The van der Waals surface area contributed by atoms with Crippen molar-refractivity contribution < 1.29 is 4.79 Å². The highest BCUT2D eigenvalue weighted by Gasteiger charge is 2.29. The molecule has 4 heteroatoms. The molecule has 2 rings (SSSR count). The third-order valence-corrected chi connectivity index (χ3v) is 3.04. The van der Waals surface area contributed by atoms with Crippen LogP contribution >= 0.6 is 11.6 Å². The molecule has 1 aromatic rings. The van der Waals surface area contributed by atoms with E-state index < -0.39 is 0 Å². The first-order valence-corrected chi connectivity index (χ1v) is 5.54. The molecule has 1 saturated heterocycles. The molecule has 84 valence electrons. The van der Waals surface area contributed by atoms with Gasteiger partial charge >= 0.3 is 0 Å². The van der Waals surface area contributed by atoms with Crippen LogP contribution in [0.2, 0.25) is 5.15 Å². The predicted molar refractivity (Wildman–Crippen MR) is 64.6 cm³/mol. The molecule has 0 spiro atoms. The summed E-state index contributed by atoms with van der Waals surface area (Å²) in [5, 5.41) is 0.452. The molecule has 1 atom stereocenters. The fourth-order valence-electron chi connectivity index (χ4n) is 1.92. The first kappa shape index (κ1) is 11.1. The van der Waals surface area contributed by atoms with E-state index in [1.807, 2.05) is 13.0 Å². The standard InChI is InChI=1S/C12H13ClN2O/c1-3-9-5-12(16)15(7-9)10-6-14-11(13)4-8(10)2/h3-4,6,9H,1,5,7H2,2H3. The number of anilines is 1. The Labute approximate surface area is 99.7 Å². The molecule has 1 aliphatic rings. The Morgan fingerprint density at radius 3 is 3.00 bits per heavy atom. The van der Waals surface area contributed by atoms with Crippen LogP contribution < -0.4 is 4.90 Å². The van der Waals surface area contributed by atoms with Crippen molar-refractivity contribution in [2.45, 2.75) is 13.3 Å². The lowest BCUT2D eigenvalue weighted by atomic mass is 10.1. The number of rotatable bonds is 2. The largest absolute Gasteiger partial charge is 0.310 e. The second kappa shape index (κ2) is 4.26. The van der Waals surface area contributed by atoms with E-state index in [2.05, 4.69) is 11.6 Å². The molecule has 1 fully saturated rings. The third kappa shape index (κ3) is 1.95. The summed E-state index contributed by atoms with van der Waals surface area (Å²) in [7, 11) is 0. The summed E-state index contributed by atoms with van der Waals surface area (Å²) < 4.78 is 0. The maximum absolute atomic E-state index is 11.8. The molecule has 0 aromatic carbocycles. The Morgan fingerprint density at radius 1 is 1.69 bits per heavy atom. The summed E-state index contributed by atoms with van der Waals surface area (Å²) >= 11 is 5.79. The number of amides is 1. The van der Waals surface area contributed by atoms with Gasteiger partial charge in [-0.1, -0.05) is 17.7 Å². The van der Waals surface area contributed by atoms with Gasteiger partial charge in [-0.05, 0) is 18.6 Å². The quantitative estimate of drug-likeness (QED) is 0.584. The fourth-order valence-corrected chi connectivity index (χ4v) is 2.14. The van der Waals surface area contributed by atoms with Crippen LogP contribution in [-0.4, -0.2) is 17.4 Å². The molecule has 1 aliphatic heterocycles. The van der Waals surface area contributed by atoms with Crippen LogP contribution in [0.25, 0.3) is 0 Å². The zero-order chi connectivity index (χ0) is 11.7. The summed E-state index contributed by atoms with van der Waals surface area (Å²) in [4.78, 5) is 17.6. The Balaban J connectivity index is 2.31. The lowest BCUT2D eigenvalue weighted by Crippen LogP contribution is -2.25. The molecule has 0 saturated carbocycles. The van der Waals surface area contributed by atoms with Crippen LogP contribution in [0, 0.1) is 12.8 Å². The van der Waals surface area contributed by atoms with E-state index in [4.69, 9.17) is 11.6 Å². The van der Waals surface area contributed by atoms with E-state index in [1.54, 1.807) is 17.2 Å². The van der Waals surface area contributed by atoms with Crippen molar-refractivity contribution in [1.29, 1.82) is 0 Å². The molecule has 0 aliphatic carbocycles. The van der Waals surface area contributed by atoms with Crippen molar-refractivity contribution in [1.82, 2.24) is 4.98 Å². The molecule has 1 amide bonds. The van der Waals surface area contributed by atoms with Crippen LogP contribution in [0.1, 0.15) is 12.0 Å². The molecule has 0 radical (unpaired) electrons. The van der Waals surface area contributed by atoms with Crippen molar-refractivity contribution in [3.05, 3.63) is 35.6 Å². The van der Waals surface area contributed by atoms with Gasteiger partial charge in [-0.25, -0.2) is 4.98 Å². The molecule has 16 heavy (non-hydrogen) atoms. The van der Waals surface area contributed by atoms with Crippen molar-refractivity contribution in [2.75, 3.05) is 11.4 Å². The highest BCUT2D eigenvalue weighted by atomic mass is 35.5. The predicted octanol–water partition coefficient (Wildman–Crippen LogP) is 2.58. The van der Waals surface area contributed by atoms with E-state index in [0.29, 0.717) is 18.1 Å². The van der Waals surface area contributed by atoms with Gasteiger partial charge in [-0.15, -0.1) is 6.58 Å². The molecule has 1 aromatic heterocycles. The Bertz CT molecular complexity index is 445. The van der Waals surface area contributed by atoms with Crippen LogP contribution in [0.5, 0.6) is 0 Å². The van der Waals surface area contributed by atoms with Gasteiger partial charge in [0.15, 0.2) is 0 Å². The van der Waals surface area contributed by atoms with Crippen LogP contribution in [0.15, 0.2) is 24.9 Å². The normalized spacial score (nSPS) is 20.2. The van der Waals surface area contributed by atoms with E-state index in [1.165, 1.54) is 0 Å². The fraction of sp³-hybridized carbons (Fsp3) is 0.333. The lowest BCUT2D eigenvalue weighted by Gasteiger charge is -2.18. The Kier molecular flexibility index (Phi) is 2.97. The number of hydrogen-bond acceptors (Lipinski definition) is 2. The van der Waals surface area contributed by atoms with Gasteiger partial charge in [0.1, 0.15) is 5.15 Å². The average molecular weight is 237 g/mol. The molecular weight excluding hydrogens is 224 g/mol. The Hall–Kier alpha value is -1.35. The van der Waals surface area contributed by atoms with Crippen molar-refractivity contribution in [3.8, 4) is 0 Å². The smallest absolute Gasteiger partial charge is 0.227 e. The first-order valence-electron chi connectivity index (χ1n) is 5.17. The highest BCUT2D eigenvalue weighted by molar-refractivity contribution is 6.29. The summed E-state index contributed by atoms with van der Waals surface area (Å²) in [6.45, 7) is 6.34. The minimum Gasteiger partial charge on any atom is -0.310 e. The van der Waals surface area contributed by atoms with E-state index in [9.17, 15) is 4.79 Å². The average Bonchev–Trinajstić information content (AvgIpc) is 2.60. The molecule has 3 nitrogen and oxygen atoms in total. The van der Waals surface area contributed by atoms with Crippen molar-refractivity contribution >= 4 is 23.2 Å². The number of aromatic nitrogens is 1. The van der Waals surface area contributed by atoms with Crippen LogP contribution in [0.3, 0.4) is 0 Å². The SMILES string of the molecule is C=CC1CC(=O)N(c2cnc(Cl)cc2C)C1. The highest BCUT2D eigenvalue weighted by Crippen LogP contribution is 2.28. The monoisotopic (exact) mass is 236 g/mol. The number of halogens is 1. The van der Waals surface area contributed by atoms with Gasteiger partial charge in [0.2, 0.25) is 5.91 Å². The number of nitrogens with zero attached hydrogens (tertiary/aromatic N) is 2. The van der Waals surface area contributed by atoms with Gasteiger partial charge < -0.3 is 4.90 Å². The summed E-state index contributed by atoms with van der Waals surface area (Å²) in [6.07, 6.45) is 4.02. The van der Waals surface area contributed by atoms with Gasteiger partial charge in [-0.2, -0.15) is 0 Å². The van der Waals surface area contributed by atoms with E-state index in [0.717, 1.165) is 11.3 Å². The second-order valence-electron chi connectivity index (χ2n) is 4.00. The topological polar surface area (TPSA) is 33.2 Å². The summed E-state index contributed by atoms with van der Waals surface area (Å²) in [6, 6.07) is 1.77. The van der Waals surface area contributed by atoms with E-state index >= 15 is 0 Å². The molecule has 0 N–H and O–H groups in total. The minimum absolute atomic E-state index is 0.122. The number of hydrogen-bond donors (Lipinski definition) is 0. The second-order valence-corrected chi connectivity index (χ2v) is 4.39. The molecule has 0 bridgehead atoms. The molecule has 2 heterocycles. The summed E-state index contributed by atoms with van der Waals surface area (Å²) in [5.41, 5.74) is 1.82. The minimum atomic E-state index is 0.122. The first-order chi connectivity index (χ1) is 7.61. The molecule has 1 unspecified atom stereocenters. The zero-order valence-electron chi connectivity index (χ0n) is 9.11. The van der Waals surface area contributed by atoms with Crippen molar-refractivity contribution in [2.24, 2.45) is 5.92 Å². The van der Waals surface area contributed by atoms with E-state index in [-0.39, 0.29) is 11.8 Å². The Morgan fingerprint density at radius 2 is 2.44 bits per heavy atom. The number of carbonyl (C=O) groups excluding carboxylic acids is 1. The maximum Gasteiger partial charge on any atom is 0.227 e. The number of aryl methyl sites for hydroxylation is 1. The van der Waals surface area contributed by atoms with Crippen LogP contribution in [-0.2, 0) is 4.79 Å². The van der Waals surface area contributed by atoms with Gasteiger partial charge in [-0.3, -0.25) is 4.79 Å².